The van der Waals surface area contributed by atoms with E-state index >= 15 is 0 Å². The molecule has 0 atom stereocenters. The zero-order chi connectivity index (χ0) is 10.7. The lowest BCUT2D eigenvalue weighted by Gasteiger charge is -2.07. The second kappa shape index (κ2) is 4.13. The maximum atomic E-state index is 11.3. The van der Waals surface area contributed by atoms with E-state index in [2.05, 4.69) is 4.98 Å². The van der Waals surface area contributed by atoms with Crippen molar-refractivity contribution in [3.63, 3.8) is 0 Å². The molecule has 1 aromatic heterocycles. The first-order valence-corrected chi connectivity index (χ1v) is 4.66. The van der Waals surface area contributed by atoms with Crippen molar-refractivity contribution in [2.24, 2.45) is 0 Å². The predicted octanol–water partition coefficient (Wildman–Crippen LogP) is 0.215. The largest absolute Gasteiger partial charge is 0.494 e. The smallest absolute Gasteiger partial charge is 0.331 e. The molecule has 0 spiro atoms. The van der Waals surface area contributed by atoms with Gasteiger partial charge in [0.05, 0.1) is 5.56 Å². The van der Waals surface area contributed by atoms with Gasteiger partial charge in [0.25, 0.3) is 5.56 Å². The molecule has 78 valence electrons. The first kappa shape index (κ1) is 10.6. The van der Waals surface area contributed by atoms with E-state index in [0.29, 0.717) is 13.0 Å². The molecule has 1 aromatic rings. The van der Waals surface area contributed by atoms with E-state index in [9.17, 15) is 14.7 Å². The van der Waals surface area contributed by atoms with Crippen LogP contribution < -0.4 is 11.2 Å². The summed E-state index contributed by atoms with van der Waals surface area (Å²) in [6, 6.07) is 0. The number of H-pyrrole nitrogens is 1. The third-order valence-electron chi connectivity index (χ3n) is 2.08. The Morgan fingerprint density at radius 2 is 2.00 bits per heavy atom. The summed E-state index contributed by atoms with van der Waals surface area (Å²) in [5.74, 6) is -0.205. The summed E-state index contributed by atoms with van der Waals surface area (Å²) < 4.78 is 1.15. The van der Waals surface area contributed by atoms with Gasteiger partial charge >= 0.3 is 5.69 Å². The molecule has 0 aliphatic carbocycles. The molecule has 0 saturated carbocycles. The molecular formula is C9H14N2O3. The molecule has 0 aromatic carbocycles. The molecule has 0 saturated heterocycles. The van der Waals surface area contributed by atoms with E-state index in [1.54, 1.807) is 6.92 Å². The number of nitrogens with zero attached hydrogens (tertiary/aromatic N) is 1. The van der Waals surface area contributed by atoms with Gasteiger partial charge in [0.1, 0.15) is 0 Å². The lowest BCUT2D eigenvalue weighted by Crippen LogP contribution is -2.31. The van der Waals surface area contributed by atoms with E-state index in [0.717, 1.165) is 11.0 Å². The highest BCUT2D eigenvalue weighted by atomic mass is 16.3. The minimum Gasteiger partial charge on any atom is -0.494 e. The first-order chi connectivity index (χ1) is 6.61. The monoisotopic (exact) mass is 198 g/mol. The Labute approximate surface area is 81.0 Å². The van der Waals surface area contributed by atoms with Gasteiger partial charge in [-0.25, -0.2) is 4.79 Å². The van der Waals surface area contributed by atoms with Crippen LogP contribution in [0.5, 0.6) is 5.88 Å². The summed E-state index contributed by atoms with van der Waals surface area (Å²) in [7, 11) is 0. The molecule has 2 N–H and O–H groups in total. The molecule has 5 nitrogen and oxygen atoms in total. The summed E-state index contributed by atoms with van der Waals surface area (Å²) >= 11 is 0. The van der Waals surface area contributed by atoms with Crippen LogP contribution in [0.25, 0.3) is 0 Å². The maximum Gasteiger partial charge on any atom is 0.331 e. The highest BCUT2D eigenvalue weighted by Crippen LogP contribution is 2.11. The third kappa shape index (κ3) is 1.71. The normalized spacial score (nSPS) is 10.4. The van der Waals surface area contributed by atoms with Crippen molar-refractivity contribution < 1.29 is 5.11 Å². The van der Waals surface area contributed by atoms with Crippen molar-refractivity contribution in [1.29, 1.82) is 0 Å². The summed E-state index contributed by atoms with van der Waals surface area (Å²) in [5, 5.41) is 9.62. The highest BCUT2D eigenvalue weighted by Gasteiger charge is 2.11. The van der Waals surface area contributed by atoms with E-state index in [1.165, 1.54) is 0 Å². The zero-order valence-electron chi connectivity index (χ0n) is 8.33. The van der Waals surface area contributed by atoms with E-state index < -0.39 is 11.2 Å². The fourth-order valence-electron chi connectivity index (χ4n) is 1.37. The Bertz CT molecular complexity index is 431. The maximum absolute atomic E-state index is 11.3. The molecule has 0 amide bonds. The van der Waals surface area contributed by atoms with Crippen molar-refractivity contribution in [1.82, 2.24) is 9.55 Å². The second-order valence-corrected chi connectivity index (χ2v) is 3.06. The molecule has 0 aliphatic rings. The van der Waals surface area contributed by atoms with Crippen molar-refractivity contribution in [3.05, 3.63) is 26.4 Å². The zero-order valence-corrected chi connectivity index (χ0v) is 8.33. The summed E-state index contributed by atoms with van der Waals surface area (Å²) in [5.41, 5.74) is -0.761. The molecule has 0 radical (unpaired) electrons. The van der Waals surface area contributed by atoms with Crippen molar-refractivity contribution in [2.75, 3.05) is 0 Å². The van der Waals surface area contributed by atoms with E-state index in [4.69, 9.17) is 0 Å². The lowest BCUT2D eigenvalue weighted by atomic mass is 10.2. The van der Waals surface area contributed by atoms with Crippen LogP contribution in [-0.4, -0.2) is 14.7 Å². The Morgan fingerprint density at radius 3 is 2.50 bits per heavy atom. The fourth-order valence-corrected chi connectivity index (χ4v) is 1.37. The van der Waals surface area contributed by atoms with Crippen LogP contribution in [0.1, 0.15) is 25.8 Å². The molecular weight excluding hydrogens is 184 g/mol. The third-order valence-corrected chi connectivity index (χ3v) is 2.08. The van der Waals surface area contributed by atoms with Crippen LogP contribution in [0.3, 0.4) is 0 Å². The van der Waals surface area contributed by atoms with Crippen molar-refractivity contribution in [3.8, 4) is 5.88 Å². The molecule has 14 heavy (non-hydrogen) atoms. The molecule has 1 heterocycles. The van der Waals surface area contributed by atoms with Crippen LogP contribution in [0.2, 0.25) is 0 Å². The molecule has 0 fully saturated rings. The molecule has 0 aliphatic heterocycles. The van der Waals surface area contributed by atoms with Gasteiger partial charge in [-0.15, -0.1) is 0 Å². The summed E-state index contributed by atoms with van der Waals surface area (Å²) in [6.45, 7) is 3.98. The summed E-state index contributed by atoms with van der Waals surface area (Å²) in [4.78, 5) is 24.7. The van der Waals surface area contributed by atoms with Gasteiger partial charge in [0, 0.05) is 6.54 Å². The summed E-state index contributed by atoms with van der Waals surface area (Å²) in [6.07, 6.45) is 1.22. The average molecular weight is 198 g/mol. The lowest BCUT2D eigenvalue weighted by molar-refractivity contribution is 0.397. The Hall–Kier alpha value is -1.52. The van der Waals surface area contributed by atoms with Crippen molar-refractivity contribution >= 4 is 0 Å². The van der Waals surface area contributed by atoms with Gasteiger partial charge in [0.15, 0.2) is 0 Å². The molecule has 5 heteroatoms. The Morgan fingerprint density at radius 1 is 1.36 bits per heavy atom. The molecule has 0 bridgehead atoms. The van der Waals surface area contributed by atoms with Crippen LogP contribution in [0.15, 0.2) is 9.59 Å². The van der Waals surface area contributed by atoms with Crippen LogP contribution in [0, 0.1) is 0 Å². The van der Waals surface area contributed by atoms with Gasteiger partial charge < -0.3 is 5.11 Å². The first-order valence-electron chi connectivity index (χ1n) is 4.66. The van der Waals surface area contributed by atoms with Crippen LogP contribution in [-0.2, 0) is 13.0 Å². The van der Waals surface area contributed by atoms with Crippen LogP contribution in [0.4, 0.5) is 0 Å². The quantitative estimate of drug-likeness (QED) is 0.729. The fraction of sp³-hybridized carbons (Fsp3) is 0.556. The SMILES string of the molecule is CCCc1c(O)n(CC)c(=O)[nH]c1=O. The van der Waals surface area contributed by atoms with Gasteiger partial charge in [-0.1, -0.05) is 13.3 Å². The Kier molecular flexibility index (Phi) is 3.11. The number of aromatic nitrogens is 2. The predicted molar refractivity (Wildman–Crippen MR) is 52.7 cm³/mol. The van der Waals surface area contributed by atoms with Crippen molar-refractivity contribution in [2.45, 2.75) is 33.2 Å². The minimum atomic E-state index is -0.560. The van der Waals surface area contributed by atoms with Gasteiger partial charge in [-0.2, -0.15) is 0 Å². The van der Waals surface area contributed by atoms with Gasteiger partial charge in [-0.3, -0.25) is 14.3 Å². The van der Waals surface area contributed by atoms with E-state index in [1.807, 2.05) is 6.92 Å². The molecule has 0 unspecified atom stereocenters. The number of rotatable bonds is 3. The number of aromatic hydroxyl groups is 1. The number of hydrogen-bond donors (Lipinski definition) is 2. The second-order valence-electron chi connectivity index (χ2n) is 3.06. The topological polar surface area (TPSA) is 75.1 Å². The average Bonchev–Trinajstić information content (AvgIpc) is 2.12. The highest BCUT2D eigenvalue weighted by molar-refractivity contribution is 5.22. The standard InChI is InChI=1S/C9H14N2O3/c1-3-5-6-7(12)10-9(14)11(4-2)8(6)13/h13H,3-5H2,1-2H3,(H,10,12,14). The minimum absolute atomic E-state index is 0.205. The van der Waals surface area contributed by atoms with Gasteiger partial charge in [0.2, 0.25) is 5.88 Å². The number of aromatic amines is 1. The Balaban J connectivity index is 3.44. The molecule has 1 rings (SSSR count). The van der Waals surface area contributed by atoms with E-state index in [-0.39, 0.29) is 11.4 Å². The number of hydrogen-bond acceptors (Lipinski definition) is 3. The number of nitrogens with one attached hydrogen (secondary N) is 1. The van der Waals surface area contributed by atoms with Crippen LogP contribution >= 0.6 is 0 Å². The van der Waals surface area contributed by atoms with Gasteiger partial charge in [-0.05, 0) is 13.3 Å².